The summed E-state index contributed by atoms with van der Waals surface area (Å²) >= 11 is 0. The van der Waals surface area contributed by atoms with E-state index in [4.69, 9.17) is 0 Å². The van der Waals surface area contributed by atoms with Crippen LogP contribution in [0.1, 0.15) is 47.1 Å². The van der Waals surface area contributed by atoms with Gasteiger partial charge in [-0.3, -0.25) is 9.69 Å². The van der Waals surface area contributed by atoms with Crippen LogP contribution < -0.4 is 5.32 Å². The monoisotopic (exact) mass is 292 g/mol. The van der Waals surface area contributed by atoms with E-state index in [0.29, 0.717) is 11.8 Å². The molecule has 1 fully saturated rings. The number of anilines is 1. The molecule has 0 spiro atoms. The van der Waals surface area contributed by atoms with Crippen molar-refractivity contribution in [3.63, 3.8) is 0 Å². The number of carbonyl (C=O) groups is 1. The van der Waals surface area contributed by atoms with Crippen LogP contribution in [0.3, 0.4) is 0 Å². The standard InChI is InChI=1S/C16H28N4O/c1-11(2)20-15(6-7-17-20)18-16(21)14(5)19-9-12(3)8-13(4)10-19/h6-7,11-14H,8-10H2,1-5H3,(H,18,21). The molecule has 1 aliphatic heterocycles. The summed E-state index contributed by atoms with van der Waals surface area (Å²) in [6.07, 6.45) is 2.98. The van der Waals surface area contributed by atoms with Gasteiger partial charge < -0.3 is 5.32 Å². The van der Waals surface area contributed by atoms with Crippen molar-refractivity contribution in [3.8, 4) is 0 Å². The lowest BCUT2D eigenvalue weighted by Gasteiger charge is -2.38. The fourth-order valence-corrected chi connectivity index (χ4v) is 3.25. The maximum atomic E-state index is 12.5. The maximum Gasteiger partial charge on any atom is 0.242 e. The van der Waals surface area contributed by atoms with Gasteiger partial charge in [0.15, 0.2) is 0 Å². The summed E-state index contributed by atoms with van der Waals surface area (Å²) in [6, 6.07) is 1.98. The Morgan fingerprint density at radius 2 is 1.90 bits per heavy atom. The third kappa shape index (κ3) is 3.84. The number of carbonyl (C=O) groups excluding carboxylic acids is 1. The summed E-state index contributed by atoms with van der Waals surface area (Å²) in [6.45, 7) is 12.6. The van der Waals surface area contributed by atoms with E-state index in [1.54, 1.807) is 6.20 Å². The van der Waals surface area contributed by atoms with Gasteiger partial charge in [-0.05, 0) is 39.0 Å². The highest BCUT2D eigenvalue weighted by atomic mass is 16.2. The first-order chi connectivity index (χ1) is 9.88. The predicted octanol–water partition coefficient (Wildman–Crippen LogP) is 2.77. The molecule has 5 heteroatoms. The van der Waals surface area contributed by atoms with Crippen molar-refractivity contribution >= 4 is 11.7 Å². The molecule has 0 aliphatic carbocycles. The summed E-state index contributed by atoms with van der Waals surface area (Å²) in [4.78, 5) is 14.8. The highest BCUT2D eigenvalue weighted by Crippen LogP contribution is 2.23. The van der Waals surface area contributed by atoms with E-state index in [2.05, 4.69) is 43.0 Å². The molecular formula is C16H28N4O. The lowest BCUT2D eigenvalue weighted by Crippen LogP contribution is -2.49. The molecule has 1 saturated heterocycles. The molecule has 21 heavy (non-hydrogen) atoms. The van der Waals surface area contributed by atoms with Crippen LogP contribution in [0.2, 0.25) is 0 Å². The summed E-state index contributed by atoms with van der Waals surface area (Å²) in [5, 5.41) is 7.27. The van der Waals surface area contributed by atoms with E-state index in [-0.39, 0.29) is 18.0 Å². The minimum absolute atomic E-state index is 0.0544. The summed E-state index contributed by atoms with van der Waals surface area (Å²) in [5.74, 6) is 2.15. The van der Waals surface area contributed by atoms with Crippen molar-refractivity contribution in [2.75, 3.05) is 18.4 Å². The molecule has 1 aromatic heterocycles. The third-order valence-corrected chi connectivity index (χ3v) is 4.23. The number of likely N-dealkylation sites (tertiary alicyclic amines) is 1. The van der Waals surface area contributed by atoms with Gasteiger partial charge in [-0.15, -0.1) is 0 Å². The molecule has 2 rings (SSSR count). The highest BCUT2D eigenvalue weighted by Gasteiger charge is 2.29. The van der Waals surface area contributed by atoms with Crippen LogP contribution in [0.25, 0.3) is 0 Å². The van der Waals surface area contributed by atoms with E-state index in [0.717, 1.165) is 18.9 Å². The SMILES string of the molecule is CC1CC(C)CN(C(C)C(=O)Nc2ccnn2C(C)C)C1. The zero-order chi connectivity index (χ0) is 15.6. The number of piperidine rings is 1. The number of hydrogen-bond donors (Lipinski definition) is 1. The Labute approximate surface area is 127 Å². The lowest BCUT2D eigenvalue weighted by atomic mass is 9.91. The fraction of sp³-hybridized carbons (Fsp3) is 0.750. The van der Waals surface area contributed by atoms with E-state index in [1.165, 1.54) is 6.42 Å². The molecule has 3 unspecified atom stereocenters. The van der Waals surface area contributed by atoms with Crippen molar-refractivity contribution in [1.29, 1.82) is 0 Å². The van der Waals surface area contributed by atoms with Crippen molar-refractivity contribution in [3.05, 3.63) is 12.3 Å². The largest absolute Gasteiger partial charge is 0.310 e. The smallest absolute Gasteiger partial charge is 0.242 e. The van der Waals surface area contributed by atoms with Crippen LogP contribution in [0.15, 0.2) is 12.3 Å². The van der Waals surface area contributed by atoms with Gasteiger partial charge in [0.05, 0.1) is 12.2 Å². The second-order valence-corrected chi connectivity index (χ2v) is 6.82. The average molecular weight is 292 g/mol. The Kier molecular flexibility index (Phi) is 5.04. The zero-order valence-electron chi connectivity index (χ0n) is 13.8. The first-order valence-corrected chi connectivity index (χ1v) is 7.97. The lowest BCUT2D eigenvalue weighted by molar-refractivity contribution is -0.121. The first kappa shape index (κ1) is 16.0. The number of hydrogen-bond acceptors (Lipinski definition) is 3. The van der Waals surface area contributed by atoms with Gasteiger partial charge in [0.2, 0.25) is 5.91 Å². The molecule has 0 aromatic carbocycles. The highest BCUT2D eigenvalue weighted by molar-refractivity contribution is 5.93. The van der Waals surface area contributed by atoms with Gasteiger partial charge in [0.1, 0.15) is 5.82 Å². The van der Waals surface area contributed by atoms with Crippen molar-refractivity contribution < 1.29 is 4.79 Å². The number of rotatable bonds is 4. The molecule has 1 amide bonds. The Balaban J connectivity index is 2.00. The molecule has 118 valence electrons. The molecule has 0 radical (unpaired) electrons. The summed E-state index contributed by atoms with van der Waals surface area (Å²) in [7, 11) is 0. The molecule has 3 atom stereocenters. The normalized spacial score (nSPS) is 25.0. The quantitative estimate of drug-likeness (QED) is 0.928. The third-order valence-electron chi connectivity index (χ3n) is 4.23. The number of amides is 1. The van der Waals surface area contributed by atoms with Gasteiger partial charge in [0, 0.05) is 25.2 Å². The molecular weight excluding hydrogens is 264 g/mol. The second kappa shape index (κ2) is 6.60. The van der Waals surface area contributed by atoms with E-state index < -0.39 is 0 Å². The number of nitrogens with one attached hydrogen (secondary N) is 1. The molecule has 2 heterocycles. The number of aromatic nitrogens is 2. The van der Waals surface area contributed by atoms with Gasteiger partial charge in [-0.25, -0.2) is 4.68 Å². The molecule has 5 nitrogen and oxygen atoms in total. The fourth-order valence-electron chi connectivity index (χ4n) is 3.25. The minimum Gasteiger partial charge on any atom is -0.310 e. The van der Waals surface area contributed by atoms with Crippen LogP contribution in [-0.4, -0.2) is 39.7 Å². The van der Waals surface area contributed by atoms with Gasteiger partial charge in [-0.2, -0.15) is 5.10 Å². The minimum atomic E-state index is -0.106. The van der Waals surface area contributed by atoms with Crippen LogP contribution in [-0.2, 0) is 4.79 Å². The second-order valence-electron chi connectivity index (χ2n) is 6.82. The molecule has 1 aliphatic rings. The summed E-state index contributed by atoms with van der Waals surface area (Å²) in [5.41, 5.74) is 0. The van der Waals surface area contributed by atoms with Crippen molar-refractivity contribution in [2.24, 2.45) is 11.8 Å². The van der Waals surface area contributed by atoms with E-state index in [1.807, 2.05) is 17.7 Å². The predicted molar refractivity (Wildman–Crippen MR) is 85.2 cm³/mol. The van der Waals surface area contributed by atoms with Gasteiger partial charge in [0.25, 0.3) is 0 Å². The zero-order valence-corrected chi connectivity index (χ0v) is 13.8. The molecule has 0 bridgehead atoms. The van der Waals surface area contributed by atoms with Crippen LogP contribution in [0, 0.1) is 11.8 Å². The molecule has 1 N–H and O–H groups in total. The van der Waals surface area contributed by atoms with Crippen molar-refractivity contribution in [1.82, 2.24) is 14.7 Å². The Morgan fingerprint density at radius 3 is 2.48 bits per heavy atom. The van der Waals surface area contributed by atoms with Gasteiger partial charge in [-0.1, -0.05) is 13.8 Å². The Hall–Kier alpha value is -1.36. The topological polar surface area (TPSA) is 50.2 Å². The first-order valence-electron chi connectivity index (χ1n) is 7.97. The van der Waals surface area contributed by atoms with Crippen LogP contribution >= 0.6 is 0 Å². The molecule has 1 aromatic rings. The molecule has 0 saturated carbocycles. The van der Waals surface area contributed by atoms with Crippen LogP contribution in [0.4, 0.5) is 5.82 Å². The Morgan fingerprint density at radius 1 is 1.29 bits per heavy atom. The number of nitrogens with zero attached hydrogens (tertiary/aromatic N) is 3. The van der Waals surface area contributed by atoms with Gasteiger partial charge >= 0.3 is 0 Å². The Bertz CT molecular complexity index is 472. The maximum absolute atomic E-state index is 12.5. The van der Waals surface area contributed by atoms with E-state index >= 15 is 0 Å². The van der Waals surface area contributed by atoms with Crippen molar-refractivity contribution in [2.45, 2.75) is 53.1 Å². The van der Waals surface area contributed by atoms with E-state index in [9.17, 15) is 4.79 Å². The van der Waals surface area contributed by atoms with Crippen LogP contribution in [0.5, 0.6) is 0 Å². The summed E-state index contributed by atoms with van der Waals surface area (Å²) < 4.78 is 1.84. The average Bonchev–Trinajstić information content (AvgIpc) is 2.84.